The van der Waals surface area contributed by atoms with Crippen molar-refractivity contribution < 1.29 is 19.1 Å². The van der Waals surface area contributed by atoms with E-state index in [0.717, 1.165) is 32.1 Å². The molecule has 0 aliphatic rings. The lowest BCUT2D eigenvalue weighted by atomic mass is 9.94. The molecule has 0 aliphatic carbocycles. The number of hydrogen-bond acceptors (Lipinski definition) is 4. The van der Waals surface area contributed by atoms with Gasteiger partial charge in [0, 0.05) is 12.8 Å². The first-order chi connectivity index (χ1) is 13.6. The molecule has 28 heavy (non-hydrogen) atoms. The minimum absolute atomic E-state index is 0.00703. The molecule has 0 bridgehead atoms. The van der Waals surface area contributed by atoms with Gasteiger partial charge in [0.1, 0.15) is 0 Å². The number of esters is 2. The lowest BCUT2D eigenvalue weighted by Crippen LogP contribution is -2.16. The summed E-state index contributed by atoms with van der Waals surface area (Å²) in [4.78, 5) is 23.2. The minimum Gasteiger partial charge on any atom is -0.469 e. The van der Waals surface area contributed by atoms with Gasteiger partial charge in [-0.3, -0.25) is 9.59 Å². The average Bonchev–Trinajstić information content (AvgIpc) is 2.71. The summed E-state index contributed by atoms with van der Waals surface area (Å²) in [6.07, 6.45) is 16.1. The zero-order valence-electron chi connectivity index (χ0n) is 19.1. The van der Waals surface area contributed by atoms with E-state index >= 15 is 0 Å². The van der Waals surface area contributed by atoms with E-state index in [9.17, 15) is 9.59 Å². The Bertz CT molecular complexity index is 381. The van der Waals surface area contributed by atoms with Gasteiger partial charge in [-0.05, 0) is 31.1 Å². The third-order valence-electron chi connectivity index (χ3n) is 5.78. The Kier molecular flexibility index (Phi) is 18.5. The molecule has 0 saturated heterocycles. The number of methoxy groups -OCH3 is 1. The van der Waals surface area contributed by atoms with E-state index in [-0.39, 0.29) is 11.9 Å². The van der Waals surface area contributed by atoms with Gasteiger partial charge in [-0.2, -0.15) is 0 Å². The van der Waals surface area contributed by atoms with Gasteiger partial charge in [0.05, 0.1) is 13.7 Å². The molecule has 4 heteroatoms. The molecular formula is C24H46O4. The maximum Gasteiger partial charge on any atom is 0.306 e. The molecule has 0 aromatic carbocycles. The van der Waals surface area contributed by atoms with Crippen molar-refractivity contribution in [2.45, 2.75) is 117 Å². The van der Waals surface area contributed by atoms with E-state index in [1.54, 1.807) is 0 Å². The number of carbonyl (C=O) groups is 2. The molecule has 166 valence electrons. The van der Waals surface area contributed by atoms with Gasteiger partial charge in [-0.1, -0.05) is 85.0 Å². The predicted molar refractivity (Wildman–Crippen MR) is 116 cm³/mol. The second kappa shape index (κ2) is 19.3. The second-order valence-electron chi connectivity index (χ2n) is 8.17. The molecule has 0 fully saturated rings. The maximum atomic E-state index is 12.2. The van der Waals surface area contributed by atoms with Crippen molar-refractivity contribution in [3.8, 4) is 0 Å². The summed E-state index contributed by atoms with van der Waals surface area (Å²) in [5, 5.41) is 0. The Morgan fingerprint density at radius 1 is 0.714 bits per heavy atom. The maximum absolute atomic E-state index is 12.2. The molecule has 0 aliphatic heterocycles. The zero-order chi connectivity index (χ0) is 21.0. The highest BCUT2D eigenvalue weighted by atomic mass is 16.5. The minimum atomic E-state index is -0.102. The molecule has 0 aromatic heterocycles. The standard InChI is InChI=1S/C24H46O4/c1-5-8-16-22(7-3)20-28-24(26)19-21(6-2)17-14-12-10-9-11-13-15-18-23(25)27-4/h21-22H,5-20H2,1-4H3. The first-order valence-electron chi connectivity index (χ1n) is 11.8. The molecule has 0 N–H and O–H groups in total. The number of hydrogen-bond donors (Lipinski definition) is 0. The summed E-state index contributed by atoms with van der Waals surface area (Å²) in [5.41, 5.74) is 0. The number of unbranched alkanes of at least 4 members (excludes halogenated alkanes) is 7. The summed E-state index contributed by atoms with van der Waals surface area (Å²) in [7, 11) is 1.45. The molecule has 0 radical (unpaired) electrons. The van der Waals surface area contributed by atoms with Gasteiger partial charge in [-0.25, -0.2) is 0 Å². The fourth-order valence-corrected chi connectivity index (χ4v) is 3.54. The molecule has 0 saturated carbocycles. The van der Waals surface area contributed by atoms with Crippen molar-refractivity contribution >= 4 is 11.9 Å². The van der Waals surface area contributed by atoms with Crippen molar-refractivity contribution in [2.24, 2.45) is 11.8 Å². The monoisotopic (exact) mass is 398 g/mol. The highest BCUT2D eigenvalue weighted by molar-refractivity contribution is 5.69. The van der Waals surface area contributed by atoms with E-state index in [1.807, 2.05) is 0 Å². The van der Waals surface area contributed by atoms with E-state index in [4.69, 9.17) is 4.74 Å². The van der Waals surface area contributed by atoms with Crippen molar-refractivity contribution in [1.82, 2.24) is 0 Å². The van der Waals surface area contributed by atoms with Gasteiger partial charge >= 0.3 is 11.9 Å². The normalized spacial score (nSPS) is 13.1. The average molecular weight is 399 g/mol. The molecule has 0 aromatic rings. The van der Waals surface area contributed by atoms with Gasteiger partial charge in [0.15, 0.2) is 0 Å². The van der Waals surface area contributed by atoms with E-state index in [0.29, 0.717) is 31.3 Å². The smallest absolute Gasteiger partial charge is 0.306 e. The van der Waals surface area contributed by atoms with Crippen molar-refractivity contribution in [1.29, 1.82) is 0 Å². The molecule has 0 rings (SSSR count). The molecule has 2 unspecified atom stereocenters. The summed E-state index contributed by atoms with van der Waals surface area (Å²) in [6, 6.07) is 0. The van der Waals surface area contributed by atoms with E-state index in [1.165, 1.54) is 58.5 Å². The van der Waals surface area contributed by atoms with Gasteiger partial charge in [0.25, 0.3) is 0 Å². The molecule has 2 atom stereocenters. The van der Waals surface area contributed by atoms with Crippen LogP contribution < -0.4 is 0 Å². The summed E-state index contributed by atoms with van der Waals surface area (Å²) in [5.74, 6) is 0.877. The van der Waals surface area contributed by atoms with Gasteiger partial charge < -0.3 is 9.47 Å². The van der Waals surface area contributed by atoms with Crippen LogP contribution in [0.25, 0.3) is 0 Å². The Morgan fingerprint density at radius 2 is 1.29 bits per heavy atom. The predicted octanol–water partition coefficient (Wildman–Crippen LogP) is 6.85. The number of rotatable bonds is 19. The van der Waals surface area contributed by atoms with Crippen molar-refractivity contribution in [2.75, 3.05) is 13.7 Å². The number of carbonyl (C=O) groups excluding carboxylic acids is 2. The van der Waals surface area contributed by atoms with Crippen LogP contribution in [-0.2, 0) is 19.1 Å². The molecule has 0 heterocycles. The Balaban J connectivity index is 3.71. The first-order valence-corrected chi connectivity index (χ1v) is 11.8. The second-order valence-corrected chi connectivity index (χ2v) is 8.17. The topological polar surface area (TPSA) is 52.6 Å². The van der Waals surface area contributed by atoms with Crippen LogP contribution in [0.15, 0.2) is 0 Å². The zero-order valence-corrected chi connectivity index (χ0v) is 19.1. The molecule has 0 amide bonds. The van der Waals surface area contributed by atoms with E-state index < -0.39 is 0 Å². The number of ether oxygens (including phenoxy) is 2. The molecular weight excluding hydrogens is 352 g/mol. The summed E-state index contributed by atoms with van der Waals surface area (Å²) < 4.78 is 10.2. The SMILES string of the molecule is CCCCC(CC)COC(=O)CC(CC)CCCCCCCCCC(=O)OC. The van der Waals surface area contributed by atoms with Crippen LogP contribution >= 0.6 is 0 Å². The Morgan fingerprint density at radius 3 is 1.86 bits per heavy atom. The lowest BCUT2D eigenvalue weighted by Gasteiger charge is -2.17. The van der Waals surface area contributed by atoms with Crippen LogP contribution in [0.2, 0.25) is 0 Å². The highest BCUT2D eigenvalue weighted by Crippen LogP contribution is 2.20. The third-order valence-corrected chi connectivity index (χ3v) is 5.78. The van der Waals surface area contributed by atoms with Crippen LogP contribution in [0.5, 0.6) is 0 Å². The van der Waals surface area contributed by atoms with E-state index in [2.05, 4.69) is 25.5 Å². The third kappa shape index (κ3) is 15.9. The first kappa shape index (κ1) is 26.9. The quantitative estimate of drug-likeness (QED) is 0.176. The summed E-state index contributed by atoms with van der Waals surface area (Å²) in [6.45, 7) is 7.16. The lowest BCUT2D eigenvalue weighted by molar-refractivity contribution is -0.146. The fraction of sp³-hybridized carbons (Fsp3) is 0.917. The van der Waals surface area contributed by atoms with Crippen molar-refractivity contribution in [3.63, 3.8) is 0 Å². The van der Waals surface area contributed by atoms with Crippen molar-refractivity contribution in [3.05, 3.63) is 0 Å². The fourth-order valence-electron chi connectivity index (χ4n) is 3.54. The highest BCUT2D eigenvalue weighted by Gasteiger charge is 2.15. The van der Waals surface area contributed by atoms with Crippen LogP contribution in [0.4, 0.5) is 0 Å². The molecule has 0 spiro atoms. The largest absolute Gasteiger partial charge is 0.469 e. The summed E-state index contributed by atoms with van der Waals surface area (Å²) >= 11 is 0. The van der Waals surface area contributed by atoms with Crippen LogP contribution in [0.3, 0.4) is 0 Å². The van der Waals surface area contributed by atoms with Gasteiger partial charge in [0.2, 0.25) is 0 Å². The van der Waals surface area contributed by atoms with Crippen LogP contribution in [0, 0.1) is 11.8 Å². The Hall–Kier alpha value is -1.06. The molecule has 4 nitrogen and oxygen atoms in total. The van der Waals surface area contributed by atoms with Crippen LogP contribution in [0.1, 0.15) is 117 Å². The van der Waals surface area contributed by atoms with Gasteiger partial charge in [-0.15, -0.1) is 0 Å². The van der Waals surface area contributed by atoms with Crippen LogP contribution in [-0.4, -0.2) is 25.7 Å². The Labute approximate surface area is 174 Å².